The molecule has 4 aromatic carbocycles. The Hall–Kier alpha value is -5.86. The Morgan fingerprint density at radius 3 is 1.21 bits per heavy atom. The fraction of sp³-hybridized carbons (Fsp3) is 0.263. The molecule has 0 spiro atoms. The molecule has 0 unspecified atom stereocenters. The number of ether oxygens (including phenoxy) is 4. The summed E-state index contributed by atoms with van der Waals surface area (Å²) < 4.78 is 52.0. The fourth-order valence-electron chi connectivity index (χ4n) is 8.48. The maximum Gasteiger partial charge on any atom is 0.253 e. The van der Waals surface area contributed by atoms with Gasteiger partial charge in [-0.15, -0.1) is 0 Å². The van der Waals surface area contributed by atoms with E-state index in [2.05, 4.69) is 0 Å². The smallest absolute Gasteiger partial charge is 0.253 e. The predicted octanol–water partition coefficient (Wildman–Crippen LogP) is 4.44. The van der Waals surface area contributed by atoms with Gasteiger partial charge in [-0.3, -0.25) is 19.2 Å². The van der Waals surface area contributed by atoms with Gasteiger partial charge in [0.05, 0.1) is 63.7 Å². The molecule has 0 aliphatic carbocycles. The molecule has 4 aliphatic heterocycles. The van der Waals surface area contributed by atoms with Gasteiger partial charge in [0.25, 0.3) is 11.8 Å². The van der Waals surface area contributed by atoms with Gasteiger partial charge in [-0.2, -0.15) is 0 Å². The molecule has 0 bridgehead atoms. The number of hydrogen-bond donors (Lipinski definition) is 0. The molecule has 266 valence electrons. The molecule has 0 aromatic heterocycles. The van der Waals surface area contributed by atoms with Crippen LogP contribution in [-0.4, -0.2) is 74.2 Å². The summed E-state index contributed by atoms with van der Waals surface area (Å²) in [5.41, 5.74) is 0.879. The lowest BCUT2D eigenvalue weighted by atomic mass is 9.83. The summed E-state index contributed by atoms with van der Waals surface area (Å²) in [6, 6.07) is 15.7. The van der Waals surface area contributed by atoms with Crippen molar-refractivity contribution in [2.24, 2.45) is 11.8 Å². The van der Waals surface area contributed by atoms with Gasteiger partial charge < -0.3 is 18.9 Å². The van der Waals surface area contributed by atoms with Crippen LogP contribution < -0.4 is 28.7 Å². The van der Waals surface area contributed by atoms with Crippen LogP contribution in [0.2, 0.25) is 0 Å². The van der Waals surface area contributed by atoms with Crippen LogP contribution in [0, 0.1) is 23.5 Å². The highest BCUT2D eigenvalue weighted by Gasteiger charge is 2.74. The lowest BCUT2D eigenvalue weighted by molar-refractivity contribution is -0.136. The molecule has 4 amide bonds. The van der Waals surface area contributed by atoms with Crippen LogP contribution in [-0.2, 0) is 19.2 Å². The number of imide groups is 2. The van der Waals surface area contributed by atoms with E-state index in [1.165, 1.54) is 64.8 Å². The van der Waals surface area contributed by atoms with E-state index in [1.54, 1.807) is 46.4 Å². The Balaban J connectivity index is 1.40. The number of carbonyl (C=O) groups excluding carboxylic acids is 4. The van der Waals surface area contributed by atoms with Gasteiger partial charge in [-0.1, -0.05) is 36.4 Å². The summed E-state index contributed by atoms with van der Waals surface area (Å²) >= 11 is 0. The van der Waals surface area contributed by atoms with Crippen molar-refractivity contribution in [3.63, 3.8) is 0 Å². The van der Waals surface area contributed by atoms with E-state index in [0.717, 1.165) is 21.9 Å². The first-order valence-electron chi connectivity index (χ1n) is 16.4. The first-order valence-corrected chi connectivity index (χ1v) is 16.4. The Kier molecular flexibility index (Phi) is 7.95. The molecular weight excluding hydrogens is 678 g/mol. The van der Waals surface area contributed by atoms with E-state index in [9.17, 15) is 28.0 Å². The third-order valence-electron chi connectivity index (χ3n) is 10.4. The van der Waals surface area contributed by atoms with Crippen LogP contribution in [0.3, 0.4) is 0 Å². The number of nitrogens with zero attached hydrogens (tertiary/aromatic N) is 4. The van der Waals surface area contributed by atoms with Gasteiger partial charge in [0.2, 0.25) is 11.8 Å². The van der Waals surface area contributed by atoms with Crippen LogP contribution in [0.5, 0.6) is 23.0 Å². The summed E-state index contributed by atoms with van der Waals surface area (Å²) in [4.78, 5) is 60.8. The minimum atomic E-state index is -1.27. The van der Waals surface area contributed by atoms with Crippen molar-refractivity contribution >= 4 is 35.0 Å². The van der Waals surface area contributed by atoms with Crippen LogP contribution in [0.25, 0.3) is 0 Å². The number of anilines is 2. The second-order valence-electron chi connectivity index (χ2n) is 12.7. The Morgan fingerprint density at radius 1 is 0.481 bits per heavy atom. The van der Waals surface area contributed by atoms with Crippen LogP contribution >= 0.6 is 0 Å². The van der Waals surface area contributed by atoms with E-state index >= 15 is 0 Å². The number of amides is 4. The normalized spacial score (nSPS) is 25.4. The number of hydrogen-bond acceptors (Lipinski definition) is 10. The Bertz CT molecular complexity index is 2010. The minimum absolute atomic E-state index is 0.0339. The largest absolute Gasteiger partial charge is 0.493 e. The van der Waals surface area contributed by atoms with Crippen molar-refractivity contribution < 1.29 is 46.9 Å². The van der Waals surface area contributed by atoms with E-state index in [1.807, 2.05) is 0 Å². The zero-order valence-electron chi connectivity index (χ0n) is 28.4. The molecule has 6 atom stereocenters. The standard InChI is InChI=1S/C38H32F2N4O8/c1-49-25-15-7-13-23(33(25)51-3)29-27-31(37(47)41(35(27)45)21-11-5-9-19(39)17-21)44-30(24-14-8-16-26(50-2)34(24)52-4)28-32(43(29)44)38(48)42(36(28)46)22-12-6-10-20(40)18-22/h5-18,27-32H,1-4H3/t27-,28-,29+,30+,31+,32+/m0/s1. The van der Waals surface area contributed by atoms with Gasteiger partial charge in [0.1, 0.15) is 23.7 Å². The highest BCUT2D eigenvalue weighted by atomic mass is 19.1. The maximum absolute atomic E-state index is 14.7. The minimum Gasteiger partial charge on any atom is -0.493 e. The topological polar surface area (TPSA) is 118 Å². The number of fused-ring (bicyclic) bond motifs is 5. The number of halogens is 2. The van der Waals surface area contributed by atoms with Gasteiger partial charge in [-0.05, 0) is 48.5 Å². The molecule has 12 nitrogen and oxygen atoms in total. The average molecular weight is 711 g/mol. The number of methoxy groups -OCH3 is 4. The van der Waals surface area contributed by atoms with Gasteiger partial charge in [-0.25, -0.2) is 28.6 Å². The summed E-state index contributed by atoms with van der Waals surface area (Å²) in [6.07, 6.45) is 0. The Morgan fingerprint density at radius 2 is 0.865 bits per heavy atom. The SMILES string of the molecule is COc1cccc([C@@H]2[C@@H]3C(=O)N(c4cccc(F)c4)C(=O)[C@@H]3N3[C@H](c4cccc(OC)c4OC)[C@@H]4C(=O)N(c5cccc(F)c5)C(=O)[C@@H]4N23)c1OC. The third-order valence-corrected chi connectivity index (χ3v) is 10.4. The molecule has 0 N–H and O–H groups in total. The molecule has 4 fully saturated rings. The summed E-state index contributed by atoms with van der Waals surface area (Å²) in [5.74, 6) is -5.14. The van der Waals surface area contributed by atoms with Gasteiger partial charge in [0, 0.05) is 11.1 Å². The predicted molar refractivity (Wildman–Crippen MR) is 181 cm³/mol. The van der Waals surface area contributed by atoms with Crippen LogP contribution in [0.1, 0.15) is 23.2 Å². The summed E-state index contributed by atoms with van der Waals surface area (Å²) in [7, 11) is 5.76. The fourth-order valence-corrected chi connectivity index (χ4v) is 8.48. The molecule has 14 heteroatoms. The molecule has 0 saturated carbocycles. The molecule has 0 radical (unpaired) electrons. The van der Waals surface area contributed by atoms with Crippen molar-refractivity contribution in [2.75, 3.05) is 38.2 Å². The first kappa shape index (κ1) is 33.3. The van der Waals surface area contributed by atoms with Crippen LogP contribution in [0.4, 0.5) is 20.2 Å². The van der Waals surface area contributed by atoms with Crippen molar-refractivity contribution in [1.82, 2.24) is 10.0 Å². The van der Waals surface area contributed by atoms with Gasteiger partial charge in [0.15, 0.2) is 23.0 Å². The zero-order chi connectivity index (χ0) is 36.6. The summed E-state index contributed by atoms with van der Waals surface area (Å²) in [5, 5.41) is 3.25. The van der Waals surface area contributed by atoms with Crippen molar-refractivity contribution in [3.05, 3.63) is 108 Å². The Labute approximate surface area is 296 Å². The molecular formula is C38H32F2N4O8. The van der Waals surface area contributed by atoms with E-state index in [-0.39, 0.29) is 22.9 Å². The highest BCUT2D eigenvalue weighted by Crippen LogP contribution is 2.62. The number of rotatable bonds is 8. The second kappa shape index (κ2) is 12.4. The lowest BCUT2D eigenvalue weighted by Crippen LogP contribution is -2.50. The van der Waals surface area contributed by atoms with Crippen LogP contribution in [0.15, 0.2) is 84.9 Å². The first-order chi connectivity index (χ1) is 25.2. The average Bonchev–Trinajstić information content (AvgIpc) is 3.81. The molecule has 4 aliphatic rings. The highest BCUT2D eigenvalue weighted by molar-refractivity contribution is 6.26. The monoisotopic (exact) mass is 710 g/mol. The molecule has 52 heavy (non-hydrogen) atoms. The van der Waals surface area contributed by atoms with Crippen molar-refractivity contribution in [2.45, 2.75) is 24.2 Å². The molecule has 4 saturated heterocycles. The van der Waals surface area contributed by atoms with Gasteiger partial charge >= 0.3 is 0 Å². The number of hydrazine groups is 1. The van der Waals surface area contributed by atoms with E-state index in [4.69, 9.17) is 18.9 Å². The zero-order valence-corrected chi connectivity index (χ0v) is 28.4. The molecule has 8 rings (SSSR count). The molecule has 4 heterocycles. The van der Waals surface area contributed by atoms with Crippen molar-refractivity contribution in [1.29, 1.82) is 0 Å². The second-order valence-corrected chi connectivity index (χ2v) is 12.7. The van der Waals surface area contributed by atoms with E-state index < -0.39 is 71.3 Å². The number of para-hydroxylation sites is 2. The van der Waals surface area contributed by atoms with E-state index in [0.29, 0.717) is 22.6 Å². The lowest BCUT2D eigenvalue weighted by Gasteiger charge is -2.36. The quantitative estimate of drug-likeness (QED) is 0.243. The summed E-state index contributed by atoms with van der Waals surface area (Å²) in [6.45, 7) is 0. The molecule has 4 aromatic rings. The number of carbonyl (C=O) groups is 4. The maximum atomic E-state index is 14.7. The third kappa shape index (κ3) is 4.57. The van der Waals surface area contributed by atoms with Crippen molar-refractivity contribution in [3.8, 4) is 23.0 Å². The number of benzene rings is 4.